The van der Waals surface area contributed by atoms with Gasteiger partial charge in [0.15, 0.2) is 11.5 Å². The lowest BCUT2D eigenvalue weighted by Crippen LogP contribution is -2.46. The molecule has 126 valence electrons. The maximum absolute atomic E-state index is 12.6. The van der Waals surface area contributed by atoms with E-state index in [0.717, 1.165) is 11.3 Å². The summed E-state index contributed by atoms with van der Waals surface area (Å²) in [6.07, 6.45) is 0.617. The minimum absolute atomic E-state index is 0.240. The number of nitrogens with one attached hydrogen (secondary N) is 2. The molecule has 2 atom stereocenters. The van der Waals surface area contributed by atoms with Crippen LogP contribution in [0.15, 0.2) is 60.8 Å². The topological polar surface area (TPSA) is 76.2 Å². The quantitative estimate of drug-likeness (QED) is 0.770. The van der Waals surface area contributed by atoms with Gasteiger partial charge in [-0.05, 0) is 42.8 Å². The first-order valence-corrected chi connectivity index (χ1v) is 8.04. The molecule has 0 bridgehead atoms. The highest BCUT2D eigenvalue weighted by Gasteiger charge is 2.34. The first-order chi connectivity index (χ1) is 12.2. The van der Waals surface area contributed by atoms with E-state index in [2.05, 4.69) is 15.5 Å². The molecular formula is C19H17N3O3. The van der Waals surface area contributed by atoms with Crippen molar-refractivity contribution >= 4 is 11.6 Å². The fourth-order valence-electron chi connectivity index (χ4n) is 2.77. The Morgan fingerprint density at radius 2 is 1.76 bits per heavy atom. The Balaban J connectivity index is 1.47. The van der Waals surface area contributed by atoms with Gasteiger partial charge in [0.05, 0.1) is 5.69 Å². The zero-order chi connectivity index (χ0) is 17.2. The zero-order valence-corrected chi connectivity index (χ0v) is 13.6. The lowest BCUT2D eigenvalue weighted by molar-refractivity contribution is -0.128. The molecule has 2 N–H and O–H groups in total. The van der Waals surface area contributed by atoms with Crippen molar-refractivity contribution in [3.63, 3.8) is 0 Å². The zero-order valence-electron chi connectivity index (χ0n) is 13.6. The number of carbonyl (C=O) groups excluding carboxylic acids is 1. The van der Waals surface area contributed by atoms with Gasteiger partial charge in [-0.25, -0.2) is 0 Å². The molecule has 0 radical (unpaired) electrons. The third-order valence-electron chi connectivity index (χ3n) is 4.06. The fourth-order valence-corrected chi connectivity index (χ4v) is 2.77. The average Bonchev–Trinajstić information content (AvgIpc) is 3.16. The number of fused-ring (bicyclic) bond motifs is 1. The number of para-hydroxylation sites is 2. The summed E-state index contributed by atoms with van der Waals surface area (Å²) < 4.78 is 11.6. The van der Waals surface area contributed by atoms with E-state index >= 15 is 0 Å². The molecule has 3 aromatic rings. The molecule has 1 aliphatic heterocycles. The monoisotopic (exact) mass is 335 g/mol. The first-order valence-electron chi connectivity index (χ1n) is 8.04. The summed E-state index contributed by atoms with van der Waals surface area (Å²) in [4.78, 5) is 12.6. The van der Waals surface area contributed by atoms with Gasteiger partial charge in [-0.3, -0.25) is 9.89 Å². The number of anilines is 1. The molecule has 0 fully saturated rings. The Hall–Kier alpha value is -3.28. The van der Waals surface area contributed by atoms with Gasteiger partial charge in [-0.1, -0.05) is 24.3 Å². The molecule has 0 unspecified atom stereocenters. The number of rotatable bonds is 3. The van der Waals surface area contributed by atoms with Crippen LogP contribution in [0.3, 0.4) is 0 Å². The number of aromatic nitrogens is 2. The van der Waals surface area contributed by atoms with E-state index in [0.29, 0.717) is 17.2 Å². The van der Waals surface area contributed by atoms with Crippen LogP contribution in [0.2, 0.25) is 0 Å². The minimum atomic E-state index is -0.706. The number of ether oxygens (including phenoxy) is 2. The predicted octanol–water partition coefficient (Wildman–Crippen LogP) is 3.24. The van der Waals surface area contributed by atoms with Gasteiger partial charge in [-0.2, -0.15) is 5.10 Å². The van der Waals surface area contributed by atoms with Crippen molar-refractivity contribution in [1.82, 2.24) is 10.2 Å². The lowest BCUT2D eigenvalue weighted by Gasteiger charge is -2.31. The molecule has 2 heterocycles. The fraction of sp³-hybridized carbons (Fsp3) is 0.158. The number of benzene rings is 2. The van der Waals surface area contributed by atoms with Crippen LogP contribution in [0, 0.1) is 0 Å². The van der Waals surface area contributed by atoms with Gasteiger partial charge in [-0.15, -0.1) is 0 Å². The third-order valence-corrected chi connectivity index (χ3v) is 4.06. The second-order valence-corrected chi connectivity index (χ2v) is 5.85. The minimum Gasteiger partial charge on any atom is -0.482 e. The summed E-state index contributed by atoms with van der Waals surface area (Å²) in [7, 11) is 0. The molecule has 0 spiro atoms. The van der Waals surface area contributed by atoms with Crippen molar-refractivity contribution in [2.24, 2.45) is 0 Å². The van der Waals surface area contributed by atoms with E-state index in [4.69, 9.17) is 9.47 Å². The van der Waals surface area contributed by atoms with Crippen LogP contribution in [-0.2, 0) is 4.79 Å². The van der Waals surface area contributed by atoms with E-state index in [1.54, 1.807) is 12.3 Å². The van der Waals surface area contributed by atoms with Crippen LogP contribution >= 0.6 is 0 Å². The predicted molar refractivity (Wildman–Crippen MR) is 93.6 cm³/mol. The highest BCUT2D eigenvalue weighted by molar-refractivity contribution is 5.95. The van der Waals surface area contributed by atoms with Crippen molar-refractivity contribution in [3.05, 3.63) is 60.8 Å². The normalized spacial score (nSPS) is 18.6. The Bertz CT molecular complexity index is 875. The molecule has 25 heavy (non-hydrogen) atoms. The van der Waals surface area contributed by atoms with Gasteiger partial charge < -0.3 is 14.8 Å². The van der Waals surface area contributed by atoms with Crippen molar-refractivity contribution in [2.45, 2.75) is 19.1 Å². The molecule has 6 heteroatoms. The highest BCUT2D eigenvalue weighted by atomic mass is 16.6. The van der Waals surface area contributed by atoms with Crippen LogP contribution < -0.4 is 14.8 Å². The molecule has 2 aromatic carbocycles. The molecule has 1 aromatic heterocycles. The van der Waals surface area contributed by atoms with Crippen LogP contribution in [0.4, 0.5) is 5.69 Å². The number of carbonyl (C=O) groups is 1. The maximum Gasteiger partial charge on any atom is 0.269 e. The SMILES string of the molecule is C[C@H]1Oc2ccccc2O[C@@H]1C(=O)Nc1ccc(-c2ccn[nH]2)cc1. The van der Waals surface area contributed by atoms with Gasteiger partial charge in [0.1, 0.15) is 6.10 Å². The van der Waals surface area contributed by atoms with E-state index in [9.17, 15) is 4.79 Å². The van der Waals surface area contributed by atoms with E-state index in [-0.39, 0.29) is 12.0 Å². The van der Waals surface area contributed by atoms with Crippen LogP contribution in [0.1, 0.15) is 6.92 Å². The van der Waals surface area contributed by atoms with Crippen molar-refractivity contribution in [1.29, 1.82) is 0 Å². The Labute approximate surface area is 144 Å². The van der Waals surface area contributed by atoms with Gasteiger partial charge in [0.25, 0.3) is 5.91 Å². The van der Waals surface area contributed by atoms with Crippen LogP contribution in [0.25, 0.3) is 11.3 Å². The summed E-state index contributed by atoms with van der Waals surface area (Å²) in [6.45, 7) is 1.82. The van der Waals surface area contributed by atoms with E-state index in [1.165, 1.54) is 0 Å². The third kappa shape index (κ3) is 3.06. The largest absolute Gasteiger partial charge is 0.482 e. The Morgan fingerprint density at radius 1 is 1.04 bits per heavy atom. The summed E-state index contributed by atoms with van der Waals surface area (Å²) in [5, 5.41) is 9.71. The molecule has 6 nitrogen and oxygen atoms in total. The lowest BCUT2D eigenvalue weighted by atomic mass is 10.1. The second kappa shape index (κ2) is 6.32. The number of amides is 1. The molecule has 1 amide bonds. The van der Waals surface area contributed by atoms with Crippen molar-refractivity contribution < 1.29 is 14.3 Å². The number of nitrogens with zero attached hydrogens (tertiary/aromatic N) is 1. The summed E-state index contributed by atoms with van der Waals surface area (Å²) in [5.74, 6) is 0.995. The van der Waals surface area contributed by atoms with E-state index < -0.39 is 6.10 Å². The smallest absolute Gasteiger partial charge is 0.269 e. The molecular weight excluding hydrogens is 318 g/mol. The number of hydrogen-bond acceptors (Lipinski definition) is 4. The van der Waals surface area contributed by atoms with Crippen molar-refractivity contribution in [3.8, 4) is 22.8 Å². The number of hydrogen-bond donors (Lipinski definition) is 2. The first kappa shape index (κ1) is 15.3. The van der Waals surface area contributed by atoms with E-state index in [1.807, 2.05) is 55.5 Å². The Morgan fingerprint density at radius 3 is 2.44 bits per heavy atom. The number of H-pyrrole nitrogens is 1. The second-order valence-electron chi connectivity index (χ2n) is 5.85. The summed E-state index contributed by atoms with van der Waals surface area (Å²) in [5.41, 5.74) is 2.62. The van der Waals surface area contributed by atoms with Gasteiger partial charge in [0, 0.05) is 11.9 Å². The Kier molecular flexibility index (Phi) is 3.85. The highest BCUT2D eigenvalue weighted by Crippen LogP contribution is 2.33. The summed E-state index contributed by atoms with van der Waals surface area (Å²) >= 11 is 0. The molecule has 0 saturated heterocycles. The van der Waals surface area contributed by atoms with Gasteiger partial charge in [0.2, 0.25) is 6.10 Å². The van der Waals surface area contributed by atoms with Crippen LogP contribution in [0.5, 0.6) is 11.5 Å². The molecule has 4 rings (SSSR count). The molecule has 0 saturated carbocycles. The standard InChI is InChI=1S/C19H17N3O3/c1-12-18(25-17-5-3-2-4-16(17)24-12)19(23)21-14-8-6-13(7-9-14)15-10-11-20-22-15/h2-12,18H,1H3,(H,20,22)(H,21,23)/t12-,18+/m1/s1. The molecule has 1 aliphatic rings. The van der Waals surface area contributed by atoms with Gasteiger partial charge >= 0.3 is 0 Å². The maximum atomic E-state index is 12.6. The van der Waals surface area contributed by atoms with Crippen LogP contribution in [-0.4, -0.2) is 28.3 Å². The number of aromatic amines is 1. The van der Waals surface area contributed by atoms with Crippen molar-refractivity contribution in [2.75, 3.05) is 5.32 Å². The molecule has 0 aliphatic carbocycles. The average molecular weight is 335 g/mol. The summed E-state index contributed by atoms with van der Waals surface area (Å²) in [6, 6.07) is 16.7.